The number of nitrogens with zero attached hydrogens (tertiary/aromatic N) is 2. The first-order chi connectivity index (χ1) is 22.1. The first kappa shape index (κ1) is 26.7. The topological polar surface area (TPSA) is 78.2 Å². The predicted octanol–water partition coefficient (Wildman–Crippen LogP) is 6.75. The summed E-state index contributed by atoms with van der Waals surface area (Å²) in [7, 11) is 0. The van der Waals surface area contributed by atoms with E-state index in [0.717, 1.165) is 22.3 Å². The Morgan fingerprint density at radius 3 is 1.27 bits per heavy atom. The zero-order chi connectivity index (χ0) is 30.8. The van der Waals surface area contributed by atoms with Crippen molar-refractivity contribution in [1.82, 2.24) is 0 Å². The second-order valence-corrected chi connectivity index (χ2v) is 11.8. The van der Waals surface area contributed by atoms with Gasteiger partial charge in [-0.3, -0.25) is 14.4 Å². The minimum absolute atomic E-state index is 0.152. The van der Waals surface area contributed by atoms with Gasteiger partial charge in [0.1, 0.15) is 0 Å². The van der Waals surface area contributed by atoms with Crippen molar-refractivity contribution in [1.29, 1.82) is 5.26 Å². The summed E-state index contributed by atoms with van der Waals surface area (Å²) in [4.78, 5) is 46.9. The van der Waals surface area contributed by atoms with Crippen LogP contribution < -0.4 is 4.90 Å². The Morgan fingerprint density at radius 1 is 0.511 bits per heavy atom. The molecular weight excluding hydrogens is 556 g/mol. The molecule has 2 amide bonds. The number of hydrogen-bond acceptors (Lipinski definition) is 4. The number of carbonyl (C=O) groups is 3. The number of amides is 2. The number of anilines is 1. The van der Waals surface area contributed by atoms with E-state index >= 15 is 4.79 Å². The van der Waals surface area contributed by atoms with Gasteiger partial charge >= 0.3 is 0 Å². The largest absolute Gasteiger partial charge is 0.297 e. The van der Waals surface area contributed by atoms with Gasteiger partial charge in [0.05, 0.1) is 40.0 Å². The van der Waals surface area contributed by atoms with Crippen LogP contribution in [0, 0.1) is 23.2 Å². The lowest BCUT2D eigenvalue weighted by molar-refractivity contribution is -0.130. The van der Waals surface area contributed by atoms with E-state index in [9.17, 15) is 14.9 Å². The molecule has 5 aromatic carbocycles. The van der Waals surface area contributed by atoms with Crippen LogP contribution in [0.5, 0.6) is 0 Å². The molecule has 4 atom stereocenters. The Bertz CT molecular complexity index is 1950. The Kier molecular flexibility index (Phi) is 5.84. The van der Waals surface area contributed by atoms with Crippen LogP contribution in [0.1, 0.15) is 27.8 Å². The van der Waals surface area contributed by atoms with E-state index in [-0.39, 0.29) is 5.78 Å². The van der Waals surface area contributed by atoms with E-state index < -0.39 is 34.5 Å². The van der Waals surface area contributed by atoms with Gasteiger partial charge < -0.3 is 0 Å². The normalized spacial score (nSPS) is 25.0. The molecule has 1 heterocycles. The summed E-state index contributed by atoms with van der Waals surface area (Å²) in [5.41, 5.74) is 2.50. The van der Waals surface area contributed by atoms with Gasteiger partial charge in [0, 0.05) is 0 Å². The molecule has 2 bridgehead atoms. The lowest BCUT2D eigenvalue weighted by atomic mass is 9.59. The molecule has 0 spiro atoms. The Labute approximate surface area is 260 Å². The van der Waals surface area contributed by atoms with Gasteiger partial charge in [0.2, 0.25) is 11.8 Å². The lowest BCUT2D eigenvalue weighted by Gasteiger charge is -2.39. The minimum Gasteiger partial charge on any atom is -0.297 e. The van der Waals surface area contributed by atoms with Crippen LogP contribution in [0.15, 0.2) is 146 Å². The number of nitriles is 1. The van der Waals surface area contributed by atoms with Crippen LogP contribution in [0.2, 0.25) is 0 Å². The second kappa shape index (κ2) is 9.83. The number of fused-ring (bicyclic) bond motifs is 5. The zero-order valence-corrected chi connectivity index (χ0v) is 24.1. The third-order valence-electron chi connectivity index (χ3n) is 9.83. The molecule has 45 heavy (non-hydrogen) atoms. The predicted molar refractivity (Wildman–Crippen MR) is 172 cm³/mol. The maximum atomic E-state index is 15.8. The van der Waals surface area contributed by atoms with Crippen molar-refractivity contribution in [2.24, 2.45) is 11.8 Å². The number of benzene rings is 5. The van der Waals surface area contributed by atoms with Crippen molar-refractivity contribution in [2.45, 2.75) is 10.8 Å². The van der Waals surface area contributed by atoms with E-state index in [1.54, 1.807) is 24.3 Å². The molecule has 0 N–H and O–H groups in total. The molecule has 1 saturated carbocycles. The van der Waals surface area contributed by atoms with Gasteiger partial charge in [-0.25, -0.2) is 4.90 Å². The summed E-state index contributed by atoms with van der Waals surface area (Å²) in [6.07, 6.45) is 0. The van der Waals surface area contributed by atoms with E-state index in [2.05, 4.69) is 6.07 Å². The van der Waals surface area contributed by atoms with Crippen molar-refractivity contribution < 1.29 is 14.4 Å². The quantitative estimate of drug-likeness (QED) is 0.215. The average molecular weight is 583 g/mol. The van der Waals surface area contributed by atoms with Crippen molar-refractivity contribution in [3.63, 3.8) is 0 Å². The van der Waals surface area contributed by atoms with Gasteiger partial charge in [0.25, 0.3) is 0 Å². The minimum atomic E-state index is -1.44. The summed E-state index contributed by atoms with van der Waals surface area (Å²) < 4.78 is 0. The van der Waals surface area contributed by atoms with Crippen LogP contribution in [0.25, 0.3) is 11.1 Å². The smallest absolute Gasteiger partial charge is 0.239 e. The summed E-state index contributed by atoms with van der Waals surface area (Å²) in [5.74, 6) is -2.95. The van der Waals surface area contributed by atoms with Crippen LogP contribution in [0.3, 0.4) is 0 Å². The number of hydrogen-bond donors (Lipinski definition) is 0. The number of ketones is 1. The summed E-state index contributed by atoms with van der Waals surface area (Å²) >= 11 is 0. The van der Waals surface area contributed by atoms with E-state index in [1.165, 1.54) is 4.90 Å². The molecule has 1 aliphatic heterocycles. The van der Waals surface area contributed by atoms with Crippen molar-refractivity contribution in [3.8, 4) is 6.07 Å². The molecule has 5 aromatic rings. The summed E-state index contributed by atoms with van der Waals surface area (Å²) in [6, 6.07) is 47.1. The van der Waals surface area contributed by atoms with E-state index in [0.29, 0.717) is 22.4 Å². The third-order valence-corrected chi connectivity index (χ3v) is 9.83. The molecule has 5 nitrogen and oxygen atoms in total. The molecule has 8 rings (SSSR count). The van der Waals surface area contributed by atoms with Crippen LogP contribution in [-0.2, 0) is 25.2 Å². The molecule has 5 heteroatoms. The second-order valence-electron chi connectivity index (χ2n) is 11.8. The molecule has 0 unspecified atom stereocenters. The standard InChI is InChI=1S/C40H26N2O3/c41-25-26-21-23-31(24-22-26)42-36(43)34-35(37(42)44)40(30-19-11-4-12-20-30)33(28-15-7-2-8-16-28)32(27-13-5-1-6-14-27)39(34,38(40)45)29-17-9-3-10-18-29/h1-24,34-35H/t34-,35-,39-,40-/m0/s1. The fourth-order valence-corrected chi connectivity index (χ4v) is 8.27. The van der Waals surface area contributed by atoms with Crippen LogP contribution >= 0.6 is 0 Å². The molecule has 2 aliphatic carbocycles. The van der Waals surface area contributed by atoms with Crippen molar-refractivity contribution >= 4 is 34.4 Å². The molecule has 3 aliphatic rings. The number of carbonyl (C=O) groups excluding carboxylic acids is 3. The lowest BCUT2D eigenvalue weighted by Crippen LogP contribution is -2.45. The molecule has 214 valence electrons. The molecule has 2 fully saturated rings. The first-order valence-corrected chi connectivity index (χ1v) is 15.0. The molecule has 0 aromatic heterocycles. The fraction of sp³-hybridized carbons (Fsp3) is 0.100. The third kappa shape index (κ3) is 3.34. The van der Waals surface area contributed by atoms with Gasteiger partial charge in [-0.05, 0) is 57.7 Å². The van der Waals surface area contributed by atoms with Gasteiger partial charge in [-0.1, -0.05) is 121 Å². The summed E-state index contributed by atoms with van der Waals surface area (Å²) in [5, 5.41) is 9.39. The first-order valence-electron chi connectivity index (χ1n) is 15.0. The maximum absolute atomic E-state index is 15.8. The van der Waals surface area contributed by atoms with E-state index in [1.807, 2.05) is 121 Å². The average Bonchev–Trinajstić information content (AvgIpc) is 3.62. The van der Waals surface area contributed by atoms with Gasteiger partial charge in [0.15, 0.2) is 5.78 Å². The molecular formula is C40H26N2O3. The fourth-order valence-electron chi connectivity index (χ4n) is 8.27. The van der Waals surface area contributed by atoms with E-state index in [4.69, 9.17) is 0 Å². The highest BCUT2D eigenvalue weighted by atomic mass is 16.2. The highest BCUT2D eigenvalue weighted by Crippen LogP contribution is 2.74. The Morgan fingerprint density at radius 2 is 0.889 bits per heavy atom. The summed E-state index contributed by atoms with van der Waals surface area (Å²) in [6.45, 7) is 0. The highest BCUT2D eigenvalue weighted by molar-refractivity contribution is 6.39. The van der Waals surface area contributed by atoms with Gasteiger partial charge in [-0.15, -0.1) is 0 Å². The van der Waals surface area contributed by atoms with Crippen molar-refractivity contribution in [2.75, 3.05) is 4.90 Å². The van der Waals surface area contributed by atoms with Gasteiger partial charge in [-0.2, -0.15) is 5.26 Å². The number of Topliss-reactive ketones (excluding diaryl/α,β-unsaturated/α-hetero) is 1. The monoisotopic (exact) mass is 582 g/mol. The van der Waals surface area contributed by atoms with Crippen LogP contribution in [0.4, 0.5) is 5.69 Å². The Hall–Kier alpha value is -5.86. The maximum Gasteiger partial charge on any atom is 0.239 e. The number of rotatable bonds is 5. The SMILES string of the molecule is N#Cc1ccc(N2C(=O)[C@@H]3[C@@H](C2=O)[C@@]2(c4ccccc4)C(=O)[C@@]3(c3ccccc3)C(c3ccccc3)=C2c2ccccc2)cc1. The number of imide groups is 1. The zero-order valence-electron chi connectivity index (χ0n) is 24.1. The Balaban J connectivity index is 1.54. The highest BCUT2D eigenvalue weighted by Gasteiger charge is 2.82. The molecule has 1 saturated heterocycles. The van der Waals surface area contributed by atoms with Crippen LogP contribution in [-0.4, -0.2) is 17.6 Å². The molecule has 0 radical (unpaired) electrons. The van der Waals surface area contributed by atoms with Crippen molar-refractivity contribution in [3.05, 3.63) is 173 Å². The number of allylic oxidation sites excluding steroid dienone is 2.